The minimum atomic E-state index is -0.712. The average molecular weight is 316 g/mol. The lowest BCUT2D eigenvalue weighted by Crippen LogP contribution is -2.27. The van der Waals surface area contributed by atoms with E-state index < -0.39 is 5.60 Å². The van der Waals surface area contributed by atoms with Gasteiger partial charge in [0.15, 0.2) is 5.82 Å². The molecule has 124 valence electrons. The van der Waals surface area contributed by atoms with Crippen molar-refractivity contribution in [3.05, 3.63) is 47.0 Å². The third-order valence-corrected chi connectivity index (χ3v) is 3.56. The maximum absolute atomic E-state index is 12.4. The summed E-state index contributed by atoms with van der Waals surface area (Å²) in [5.41, 5.74) is 0.912. The van der Waals surface area contributed by atoms with Crippen molar-refractivity contribution in [1.29, 1.82) is 0 Å². The molecule has 0 unspecified atom stereocenters. The van der Waals surface area contributed by atoms with Gasteiger partial charge >= 0.3 is 0 Å². The predicted octanol–water partition coefficient (Wildman–Crippen LogP) is 2.31. The lowest BCUT2D eigenvalue weighted by molar-refractivity contribution is 0.0714. The van der Waals surface area contributed by atoms with E-state index >= 15 is 0 Å². The summed E-state index contributed by atoms with van der Waals surface area (Å²) in [4.78, 5) is 16.6. The smallest absolute Gasteiger partial charge is 0.251 e. The van der Waals surface area contributed by atoms with Crippen LogP contribution in [0.15, 0.2) is 24.3 Å². The fraction of sp³-hybridized carbons (Fsp3) is 0.471. The fourth-order valence-electron chi connectivity index (χ4n) is 2.22. The first-order valence-corrected chi connectivity index (χ1v) is 7.76. The van der Waals surface area contributed by atoms with E-state index in [2.05, 4.69) is 20.5 Å². The third kappa shape index (κ3) is 5.17. The highest BCUT2D eigenvalue weighted by molar-refractivity contribution is 5.94. The van der Waals surface area contributed by atoms with Gasteiger partial charge in [-0.05, 0) is 58.2 Å². The molecule has 0 aliphatic carbocycles. The number of hydrogen-bond donors (Lipinski definition) is 3. The third-order valence-electron chi connectivity index (χ3n) is 3.56. The molecule has 1 atom stereocenters. The van der Waals surface area contributed by atoms with Gasteiger partial charge in [-0.15, -0.1) is 0 Å². The Morgan fingerprint density at radius 1 is 1.43 bits per heavy atom. The molecule has 2 rings (SSSR count). The van der Waals surface area contributed by atoms with Crippen molar-refractivity contribution >= 4 is 5.91 Å². The number of benzene rings is 1. The molecule has 0 saturated heterocycles. The number of aliphatic hydroxyl groups is 1. The van der Waals surface area contributed by atoms with Gasteiger partial charge in [0.2, 0.25) is 0 Å². The second-order valence-corrected chi connectivity index (χ2v) is 6.49. The summed E-state index contributed by atoms with van der Waals surface area (Å²) < 4.78 is 0. The molecule has 0 aliphatic heterocycles. The average Bonchev–Trinajstić information content (AvgIpc) is 2.91. The van der Waals surface area contributed by atoms with Crippen LogP contribution in [0.1, 0.15) is 60.8 Å². The highest BCUT2D eigenvalue weighted by Crippen LogP contribution is 2.15. The van der Waals surface area contributed by atoms with Gasteiger partial charge in [-0.3, -0.25) is 9.89 Å². The van der Waals surface area contributed by atoms with Gasteiger partial charge in [0.05, 0.1) is 11.6 Å². The zero-order valence-electron chi connectivity index (χ0n) is 14.1. The van der Waals surface area contributed by atoms with Gasteiger partial charge in [-0.25, -0.2) is 4.98 Å². The number of aromatic nitrogens is 3. The van der Waals surface area contributed by atoms with E-state index in [1.54, 1.807) is 19.9 Å². The summed E-state index contributed by atoms with van der Waals surface area (Å²) in [5, 5.41) is 19.5. The van der Waals surface area contributed by atoms with E-state index in [0.717, 1.165) is 17.8 Å². The van der Waals surface area contributed by atoms with Crippen LogP contribution in [-0.2, 0) is 6.42 Å². The van der Waals surface area contributed by atoms with Crippen molar-refractivity contribution in [2.75, 3.05) is 0 Å². The first-order valence-electron chi connectivity index (χ1n) is 7.76. The lowest BCUT2D eigenvalue weighted by atomic mass is 9.98. The first-order chi connectivity index (χ1) is 10.7. The minimum Gasteiger partial charge on any atom is -0.390 e. The maximum Gasteiger partial charge on any atom is 0.251 e. The van der Waals surface area contributed by atoms with Crippen LogP contribution in [0, 0.1) is 6.92 Å². The molecule has 1 aromatic carbocycles. The maximum atomic E-state index is 12.4. The lowest BCUT2D eigenvalue weighted by Gasteiger charge is -2.17. The first kappa shape index (κ1) is 17.1. The van der Waals surface area contributed by atoms with Crippen molar-refractivity contribution in [2.45, 2.75) is 52.2 Å². The van der Waals surface area contributed by atoms with Crippen molar-refractivity contribution in [3.8, 4) is 0 Å². The molecule has 23 heavy (non-hydrogen) atoms. The molecule has 1 amide bonds. The monoisotopic (exact) mass is 316 g/mol. The van der Waals surface area contributed by atoms with Crippen LogP contribution < -0.4 is 5.32 Å². The van der Waals surface area contributed by atoms with E-state index in [1.165, 1.54) is 0 Å². The molecule has 2 aromatic rings. The molecule has 6 heteroatoms. The summed E-state index contributed by atoms with van der Waals surface area (Å²) in [7, 11) is 0. The Labute approximate surface area is 136 Å². The fourth-order valence-corrected chi connectivity index (χ4v) is 2.22. The van der Waals surface area contributed by atoms with Crippen LogP contribution in [0.5, 0.6) is 0 Å². The molecule has 0 radical (unpaired) electrons. The summed E-state index contributed by atoms with van der Waals surface area (Å²) >= 11 is 0. The number of rotatable bonds is 6. The molecule has 0 fully saturated rings. The quantitative estimate of drug-likeness (QED) is 0.762. The van der Waals surface area contributed by atoms with E-state index in [4.69, 9.17) is 0 Å². The van der Waals surface area contributed by atoms with Crippen LogP contribution >= 0.6 is 0 Å². The number of H-pyrrole nitrogens is 1. The Kier molecular flexibility index (Phi) is 5.15. The standard InChI is InChI=1S/C17H24N4O2/c1-11(15-19-12(2)20-21-15)18-16(22)14-7-5-6-13(10-14)8-9-17(3,4)23/h5-7,10-11,23H,8-9H2,1-4H3,(H,18,22)(H,19,20,21)/t11-/m1/s1. The molecule has 0 aliphatic rings. The number of nitrogens with zero attached hydrogens (tertiary/aromatic N) is 2. The second kappa shape index (κ2) is 6.91. The number of nitrogens with one attached hydrogen (secondary N) is 2. The number of carbonyl (C=O) groups excluding carboxylic acids is 1. The van der Waals surface area contributed by atoms with Crippen molar-refractivity contribution in [2.24, 2.45) is 0 Å². The molecule has 0 bridgehead atoms. The van der Waals surface area contributed by atoms with Crippen molar-refractivity contribution in [1.82, 2.24) is 20.5 Å². The molecule has 0 spiro atoms. The molecule has 1 heterocycles. The van der Waals surface area contributed by atoms with Crippen LogP contribution in [-0.4, -0.2) is 31.8 Å². The minimum absolute atomic E-state index is 0.162. The number of carbonyl (C=O) groups is 1. The summed E-state index contributed by atoms with van der Waals surface area (Å²) in [5.74, 6) is 1.12. The highest BCUT2D eigenvalue weighted by atomic mass is 16.3. The summed E-state index contributed by atoms with van der Waals surface area (Å²) in [6.07, 6.45) is 1.37. The predicted molar refractivity (Wildman–Crippen MR) is 88.1 cm³/mol. The van der Waals surface area contributed by atoms with E-state index in [-0.39, 0.29) is 11.9 Å². The van der Waals surface area contributed by atoms with E-state index in [1.807, 2.05) is 32.0 Å². The number of aromatic amines is 1. The number of amides is 1. The van der Waals surface area contributed by atoms with Gasteiger partial charge in [0, 0.05) is 5.56 Å². The van der Waals surface area contributed by atoms with Crippen molar-refractivity contribution in [3.63, 3.8) is 0 Å². The number of aryl methyl sites for hydroxylation is 2. The Hall–Kier alpha value is -2.21. The summed E-state index contributed by atoms with van der Waals surface area (Å²) in [6, 6.07) is 7.18. The van der Waals surface area contributed by atoms with Crippen LogP contribution in [0.2, 0.25) is 0 Å². The highest BCUT2D eigenvalue weighted by Gasteiger charge is 2.16. The molecule has 1 aromatic heterocycles. The van der Waals surface area contributed by atoms with Gasteiger partial charge < -0.3 is 10.4 Å². The second-order valence-electron chi connectivity index (χ2n) is 6.49. The number of hydrogen-bond acceptors (Lipinski definition) is 4. The molecular formula is C17H24N4O2. The van der Waals surface area contributed by atoms with Gasteiger partial charge in [-0.2, -0.15) is 5.10 Å². The van der Waals surface area contributed by atoms with E-state index in [9.17, 15) is 9.90 Å². The molecule has 3 N–H and O–H groups in total. The van der Waals surface area contributed by atoms with Crippen LogP contribution in [0.3, 0.4) is 0 Å². The Morgan fingerprint density at radius 3 is 2.78 bits per heavy atom. The van der Waals surface area contributed by atoms with Crippen LogP contribution in [0.4, 0.5) is 0 Å². The van der Waals surface area contributed by atoms with E-state index in [0.29, 0.717) is 17.8 Å². The largest absolute Gasteiger partial charge is 0.390 e. The molecule has 0 saturated carbocycles. The van der Waals surface area contributed by atoms with Gasteiger partial charge in [-0.1, -0.05) is 12.1 Å². The SMILES string of the molecule is Cc1nc([C@@H](C)NC(=O)c2cccc(CCC(C)(C)O)c2)n[nH]1. The van der Waals surface area contributed by atoms with Gasteiger partial charge in [0.25, 0.3) is 5.91 Å². The normalized spacial score (nSPS) is 12.9. The van der Waals surface area contributed by atoms with Crippen molar-refractivity contribution < 1.29 is 9.90 Å². The molecular weight excluding hydrogens is 292 g/mol. The topological polar surface area (TPSA) is 90.9 Å². The van der Waals surface area contributed by atoms with Crippen LogP contribution in [0.25, 0.3) is 0 Å². The Morgan fingerprint density at radius 2 is 2.17 bits per heavy atom. The Balaban J connectivity index is 2.02. The zero-order valence-corrected chi connectivity index (χ0v) is 14.1. The molecule has 6 nitrogen and oxygen atoms in total. The Bertz CT molecular complexity index is 673. The van der Waals surface area contributed by atoms with Gasteiger partial charge in [0.1, 0.15) is 5.82 Å². The summed E-state index contributed by atoms with van der Waals surface area (Å²) in [6.45, 7) is 7.23. The zero-order chi connectivity index (χ0) is 17.0.